The van der Waals surface area contributed by atoms with Gasteiger partial charge in [0.05, 0.1) is 0 Å². The van der Waals surface area contributed by atoms with Crippen LogP contribution in [0.3, 0.4) is 0 Å². The highest BCUT2D eigenvalue weighted by Crippen LogP contribution is 2.29. The Morgan fingerprint density at radius 1 is 1.30 bits per heavy atom. The van der Waals surface area contributed by atoms with Crippen LogP contribution >= 0.6 is 0 Å². The lowest BCUT2D eigenvalue weighted by molar-refractivity contribution is -0.120. The van der Waals surface area contributed by atoms with Crippen LogP contribution in [0.15, 0.2) is 18.7 Å². The van der Waals surface area contributed by atoms with Crippen molar-refractivity contribution in [3.05, 3.63) is 18.7 Å². The Morgan fingerprint density at radius 2 is 2.00 bits per heavy atom. The maximum atomic E-state index is 12.6. The molecule has 0 radical (unpaired) electrons. The van der Waals surface area contributed by atoms with Gasteiger partial charge in [-0.15, -0.1) is 0 Å². The number of hydrogen-bond acceptors (Lipinski definition) is 3. The van der Waals surface area contributed by atoms with Crippen LogP contribution in [-0.2, 0) is 4.79 Å². The zero-order chi connectivity index (χ0) is 14.6. The highest BCUT2D eigenvalue weighted by atomic mass is 16.1. The molecule has 1 aromatic rings. The number of carbonyl (C=O) groups excluding carboxylic acids is 1. The van der Waals surface area contributed by atoms with Crippen LogP contribution in [-0.4, -0.2) is 20.5 Å². The molecule has 0 aromatic carbocycles. The molecular weight excluding hydrogens is 250 g/mol. The Labute approximate surface area is 121 Å². The molecule has 1 aliphatic carbocycles. The second-order valence-electron chi connectivity index (χ2n) is 6.75. The number of carbonyl (C=O) groups is 1. The van der Waals surface area contributed by atoms with Gasteiger partial charge in [-0.25, -0.2) is 9.67 Å². The number of rotatable bonds is 4. The lowest BCUT2D eigenvalue weighted by Crippen LogP contribution is -2.24. The van der Waals surface area contributed by atoms with Gasteiger partial charge < -0.3 is 0 Å². The van der Waals surface area contributed by atoms with Crippen LogP contribution in [0, 0.1) is 11.3 Å². The van der Waals surface area contributed by atoms with Crippen molar-refractivity contribution < 1.29 is 4.79 Å². The summed E-state index contributed by atoms with van der Waals surface area (Å²) in [6.45, 7) is 5.84. The van der Waals surface area contributed by atoms with Crippen LogP contribution < -0.4 is 0 Å². The van der Waals surface area contributed by atoms with E-state index in [0.717, 1.165) is 12.3 Å². The SMILES string of the molecule is CC(C)(C)C(=O)/C(=C/CC1CCCCC1)n1cncn1. The Kier molecular flexibility index (Phi) is 4.73. The summed E-state index contributed by atoms with van der Waals surface area (Å²) in [6, 6.07) is 0. The maximum Gasteiger partial charge on any atom is 0.186 e. The molecule has 4 heteroatoms. The molecule has 110 valence electrons. The molecule has 4 nitrogen and oxygen atoms in total. The molecule has 0 atom stereocenters. The molecule has 2 rings (SSSR count). The molecule has 0 unspecified atom stereocenters. The van der Waals surface area contributed by atoms with Gasteiger partial charge in [0, 0.05) is 5.41 Å². The predicted molar refractivity (Wildman–Crippen MR) is 79.9 cm³/mol. The molecular formula is C16H25N3O. The normalized spacial score (nSPS) is 18.2. The van der Waals surface area contributed by atoms with Gasteiger partial charge in [0.1, 0.15) is 18.4 Å². The zero-order valence-corrected chi connectivity index (χ0v) is 12.8. The molecule has 0 amide bonds. The Hall–Kier alpha value is -1.45. The van der Waals surface area contributed by atoms with Crippen molar-refractivity contribution in [3.63, 3.8) is 0 Å². The van der Waals surface area contributed by atoms with Gasteiger partial charge in [-0.2, -0.15) is 5.10 Å². The van der Waals surface area contributed by atoms with Crippen LogP contribution in [0.5, 0.6) is 0 Å². The van der Waals surface area contributed by atoms with Gasteiger partial charge in [-0.3, -0.25) is 4.79 Å². The van der Waals surface area contributed by atoms with Gasteiger partial charge >= 0.3 is 0 Å². The van der Waals surface area contributed by atoms with E-state index in [2.05, 4.69) is 16.2 Å². The maximum absolute atomic E-state index is 12.6. The second kappa shape index (κ2) is 6.33. The lowest BCUT2D eigenvalue weighted by Gasteiger charge is -2.22. The van der Waals surface area contributed by atoms with E-state index in [1.54, 1.807) is 11.0 Å². The zero-order valence-electron chi connectivity index (χ0n) is 12.8. The fraction of sp³-hybridized carbons (Fsp3) is 0.688. The van der Waals surface area contributed by atoms with E-state index in [0.29, 0.717) is 5.70 Å². The van der Waals surface area contributed by atoms with E-state index in [4.69, 9.17) is 0 Å². The fourth-order valence-electron chi connectivity index (χ4n) is 2.71. The van der Waals surface area contributed by atoms with Crippen molar-refractivity contribution in [3.8, 4) is 0 Å². The van der Waals surface area contributed by atoms with Gasteiger partial charge in [-0.05, 0) is 12.3 Å². The average Bonchev–Trinajstić information content (AvgIpc) is 2.93. The number of nitrogens with zero attached hydrogens (tertiary/aromatic N) is 3. The van der Waals surface area contributed by atoms with E-state index < -0.39 is 5.41 Å². The molecule has 1 aromatic heterocycles. The summed E-state index contributed by atoms with van der Waals surface area (Å²) in [5, 5.41) is 4.13. The molecule has 1 heterocycles. The molecule has 1 saturated carbocycles. The summed E-state index contributed by atoms with van der Waals surface area (Å²) in [5.41, 5.74) is 0.269. The van der Waals surface area contributed by atoms with Gasteiger partial charge in [0.15, 0.2) is 5.78 Å². The van der Waals surface area contributed by atoms with Crippen LogP contribution in [0.1, 0.15) is 59.3 Å². The topological polar surface area (TPSA) is 47.8 Å². The summed E-state index contributed by atoms with van der Waals surface area (Å²) in [7, 11) is 0. The molecule has 1 fully saturated rings. The quantitative estimate of drug-likeness (QED) is 0.787. The van der Waals surface area contributed by atoms with Crippen molar-refractivity contribution in [2.45, 2.75) is 59.3 Å². The molecule has 0 saturated heterocycles. The summed E-state index contributed by atoms with van der Waals surface area (Å²) in [5.74, 6) is 0.842. The number of allylic oxidation sites excluding steroid dienone is 2. The summed E-state index contributed by atoms with van der Waals surface area (Å²) < 4.78 is 1.61. The third-order valence-corrected chi connectivity index (χ3v) is 3.95. The Bertz CT molecular complexity index is 462. The molecule has 20 heavy (non-hydrogen) atoms. The standard InChI is InChI=1S/C16H25N3O/c1-16(2,3)15(20)14(19-12-17-11-18-19)10-9-13-7-5-4-6-8-13/h10-13H,4-9H2,1-3H3/b14-10-. The van der Waals surface area contributed by atoms with Crippen LogP contribution in [0.25, 0.3) is 5.70 Å². The first-order valence-corrected chi connectivity index (χ1v) is 7.58. The number of Topliss-reactive ketones (excluding diaryl/α,β-unsaturated/α-hetero) is 1. The largest absolute Gasteiger partial charge is 0.292 e. The number of ketones is 1. The van der Waals surface area contributed by atoms with E-state index >= 15 is 0 Å². The molecule has 0 aliphatic heterocycles. The van der Waals surface area contributed by atoms with Gasteiger partial charge in [0.25, 0.3) is 0 Å². The summed E-state index contributed by atoms with van der Waals surface area (Å²) in [6.07, 6.45) is 12.7. The molecule has 1 aliphatic rings. The summed E-state index contributed by atoms with van der Waals surface area (Å²) >= 11 is 0. The molecule has 0 bridgehead atoms. The highest BCUT2D eigenvalue weighted by Gasteiger charge is 2.26. The summed E-state index contributed by atoms with van der Waals surface area (Å²) in [4.78, 5) is 16.5. The van der Waals surface area contributed by atoms with E-state index in [9.17, 15) is 4.79 Å². The van der Waals surface area contributed by atoms with Gasteiger partial charge in [0.2, 0.25) is 0 Å². The lowest BCUT2D eigenvalue weighted by atomic mass is 9.85. The van der Waals surface area contributed by atoms with Crippen molar-refractivity contribution in [2.24, 2.45) is 11.3 Å². The number of hydrogen-bond donors (Lipinski definition) is 0. The Balaban J connectivity index is 2.16. The minimum atomic E-state index is -0.398. The fourth-order valence-corrected chi connectivity index (χ4v) is 2.71. The van der Waals surface area contributed by atoms with Crippen LogP contribution in [0.4, 0.5) is 0 Å². The van der Waals surface area contributed by atoms with E-state index in [1.165, 1.54) is 38.4 Å². The first-order valence-electron chi connectivity index (χ1n) is 7.58. The highest BCUT2D eigenvalue weighted by molar-refractivity contribution is 6.17. The third kappa shape index (κ3) is 3.78. The van der Waals surface area contributed by atoms with Crippen molar-refractivity contribution in [1.29, 1.82) is 0 Å². The molecule has 0 N–H and O–H groups in total. The smallest absolute Gasteiger partial charge is 0.186 e. The minimum Gasteiger partial charge on any atom is -0.292 e. The van der Waals surface area contributed by atoms with Crippen molar-refractivity contribution in [1.82, 2.24) is 14.8 Å². The second-order valence-corrected chi connectivity index (χ2v) is 6.75. The first-order chi connectivity index (χ1) is 9.48. The van der Waals surface area contributed by atoms with E-state index in [-0.39, 0.29) is 5.78 Å². The minimum absolute atomic E-state index is 0.124. The van der Waals surface area contributed by atoms with Crippen molar-refractivity contribution >= 4 is 11.5 Å². The third-order valence-electron chi connectivity index (χ3n) is 3.95. The van der Waals surface area contributed by atoms with Crippen molar-refractivity contribution in [2.75, 3.05) is 0 Å². The van der Waals surface area contributed by atoms with Crippen LogP contribution in [0.2, 0.25) is 0 Å². The Morgan fingerprint density at radius 3 is 2.55 bits per heavy atom. The average molecular weight is 275 g/mol. The molecule has 0 spiro atoms. The number of aromatic nitrogens is 3. The monoisotopic (exact) mass is 275 g/mol. The van der Waals surface area contributed by atoms with E-state index in [1.807, 2.05) is 20.8 Å². The van der Waals surface area contributed by atoms with Gasteiger partial charge in [-0.1, -0.05) is 59.0 Å². The predicted octanol–water partition coefficient (Wildman–Crippen LogP) is 3.70. The first kappa shape index (κ1) is 14.9.